The first-order chi connectivity index (χ1) is 29.8. The highest BCUT2D eigenvalue weighted by Gasteiger charge is 2.18. The van der Waals surface area contributed by atoms with Crippen LogP contribution in [0.25, 0.3) is 83.3 Å². The van der Waals surface area contributed by atoms with E-state index in [4.69, 9.17) is 9.97 Å². The second-order valence-corrected chi connectivity index (χ2v) is 15.0. The van der Waals surface area contributed by atoms with Crippen LogP contribution >= 0.6 is 0 Å². The molecule has 0 bridgehead atoms. The zero-order valence-electron chi connectivity index (χ0n) is 32.7. The van der Waals surface area contributed by atoms with E-state index in [2.05, 4.69) is 198 Å². The van der Waals surface area contributed by atoms with Crippen LogP contribution in [0, 0.1) is 0 Å². The van der Waals surface area contributed by atoms with Crippen molar-refractivity contribution in [1.29, 1.82) is 0 Å². The minimum atomic E-state index is 0.863. The molecule has 0 saturated carbocycles. The largest absolute Gasteiger partial charge is 0.311 e. The molecular weight excluding hydrogens is 729 g/mol. The van der Waals surface area contributed by atoms with Gasteiger partial charge in [-0.15, -0.1) is 0 Å². The Morgan fingerprint density at radius 2 is 0.783 bits per heavy atom. The van der Waals surface area contributed by atoms with Gasteiger partial charge >= 0.3 is 0 Å². The van der Waals surface area contributed by atoms with Crippen LogP contribution in [0.15, 0.2) is 231 Å². The molecule has 2 heterocycles. The molecule has 0 aliphatic carbocycles. The molecule has 282 valence electrons. The van der Waals surface area contributed by atoms with Crippen LogP contribution in [0.5, 0.6) is 0 Å². The number of hydrogen-bond donors (Lipinski definition) is 0. The molecule has 9 aromatic carbocycles. The van der Waals surface area contributed by atoms with Crippen LogP contribution < -0.4 is 4.90 Å². The molecule has 0 amide bonds. The van der Waals surface area contributed by atoms with E-state index < -0.39 is 0 Å². The van der Waals surface area contributed by atoms with E-state index in [-0.39, 0.29) is 0 Å². The first-order valence-electron chi connectivity index (χ1n) is 20.3. The predicted octanol–water partition coefficient (Wildman–Crippen LogP) is 14.9. The van der Waals surface area contributed by atoms with Gasteiger partial charge in [0.1, 0.15) is 0 Å². The van der Waals surface area contributed by atoms with Gasteiger partial charge in [0.15, 0.2) is 0 Å². The van der Waals surface area contributed by atoms with Crippen molar-refractivity contribution >= 4 is 49.9 Å². The van der Waals surface area contributed by atoms with Gasteiger partial charge in [0.25, 0.3) is 0 Å². The summed E-state index contributed by atoms with van der Waals surface area (Å²) in [7, 11) is 0. The molecule has 0 spiro atoms. The Kier molecular flexibility index (Phi) is 8.79. The van der Waals surface area contributed by atoms with Gasteiger partial charge in [-0.3, -0.25) is 0 Å². The average molecular weight is 767 g/mol. The summed E-state index contributed by atoms with van der Waals surface area (Å²) in [6.07, 6.45) is 0. The van der Waals surface area contributed by atoms with Gasteiger partial charge < -0.3 is 9.47 Å². The van der Waals surface area contributed by atoms with Crippen LogP contribution in [0.4, 0.5) is 17.1 Å². The van der Waals surface area contributed by atoms with E-state index in [0.717, 1.165) is 56.2 Å². The summed E-state index contributed by atoms with van der Waals surface area (Å²) >= 11 is 0. The third-order valence-electron chi connectivity index (χ3n) is 11.4. The third kappa shape index (κ3) is 6.28. The van der Waals surface area contributed by atoms with Crippen LogP contribution in [0.3, 0.4) is 0 Å². The maximum Gasteiger partial charge on any atom is 0.0973 e. The number of rotatable bonds is 8. The Balaban J connectivity index is 0.965. The monoisotopic (exact) mass is 766 g/mol. The van der Waals surface area contributed by atoms with Gasteiger partial charge in [-0.25, -0.2) is 9.97 Å². The quantitative estimate of drug-likeness (QED) is 0.154. The Morgan fingerprint density at radius 3 is 1.45 bits per heavy atom. The number of para-hydroxylation sites is 5. The lowest BCUT2D eigenvalue weighted by atomic mass is 10.0. The van der Waals surface area contributed by atoms with Crippen molar-refractivity contribution in [1.82, 2.24) is 14.5 Å². The summed E-state index contributed by atoms with van der Waals surface area (Å²) in [5, 5.41) is 2.46. The molecule has 0 fully saturated rings. The molecule has 4 nitrogen and oxygen atoms in total. The van der Waals surface area contributed by atoms with Gasteiger partial charge in [-0.2, -0.15) is 0 Å². The molecule has 4 heteroatoms. The smallest absolute Gasteiger partial charge is 0.0973 e. The third-order valence-corrected chi connectivity index (χ3v) is 11.4. The SMILES string of the molecule is c1ccc(-c2ccccc2-n2c3ccccc3c3cc(-c4ccc(N(c5ccccc5)c5ccc(-c6nc7ccccc7nc6-c6ccccc6)cc5)cc4)ccc32)cc1. The molecule has 0 N–H and O–H groups in total. The number of hydrogen-bond acceptors (Lipinski definition) is 3. The summed E-state index contributed by atoms with van der Waals surface area (Å²) in [5.41, 5.74) is 17.0. The van der Waals surface area contributed by atoms with Crippen molar-refractivity contribution in [2.45, 2.75) is 0 Å². The fourth-order valence-corrected chi connectivity index (χ4v) is 8.54. The minimum Gasteiger partial charge on any atom is -0.311 e. The Hall–Kier alpha value is -8.08. The average Bonchev–Trinajstić information content (AvgIpc) is 3.66. The molecular formula is C56H38N4. The van der Waals surface area contributed by atoms with E-state index in [1.165, 1.54) is 44.2 Å². The lowest BCUT2D eigenvalue weighted by Gasteiger charge is -2.26. The van der Waals surface area contributed by atoms with Crippen LogP contribution in [-0.4, -0.2) is 14.5 Å². The van der Waals surface area contributed by atoms with E-state index in [9.17, 15) is 0 Å². The van der Waals surface area contributed by atoms with Crippen LogP contribution in [0.1, 0.15) is 0 Å². The van der Waals surface area contributed by atoms with Crippen LogP contribution in [0.2, 0.25) is 0 Å². The maximum absolute atomic E-state index is 5.14. The second-order valence-electron chi connectivity index (χ2n) is 15.0. The van der Waals surface area contributed by atoms with Crippen molar-refractivity contribution in [2.75, 3.05) is 4.90 Å². The van der Waals surface area contributed by atoms with E-state index in [1.54, 1.807) is 0 Å². The molecule has 11 rings (SSSR count). The first kappa shape index (κ1) is 35.1. The number of anilines is 3. The first-order valence-corrected chi connectivity index (χ1v) is 20.3. The van der Waals surface area contributed by atoms with E-state index in [1.807, 2.05) is 42.5 Å². The zero-order chi connectivity index (χ0) is 39.8. The van der Waals surface area contributed by atoms with Crippen LogP contribution in [-0.2, 0) is 0 Å². The Bertz CT molecular complexity index is 3280. The molecule has 2 aromatic heterocycles. The highest BCUT2D eigenvalue weighted by Crippen LogP contribution is 2.40. The summed E-state index contributed by atoms with van der Waals surface area (Å²) in [4.78, 5) is 12.5. The van der Waals surface area contributed by atoms with Gasteiger partial charge in [-0.1, -0.05) is 158 Å². The van der Waals surface area contributed by atoms with Crippen molar-refractivity contribution < 1.29 is 0 Å². The number of nitrogens with zero attached hydrogens (tertiary/aromatic N) is 4. The van der Waals surface area contributed by atoms with Gasteiger partial charge in [-0.05, 0) is 89.5 Å². The second kappa shape index (κ2) is 15.0. The topological polar surface area (TPSA) is 34.0 Å². The van der Waals surface area contributed by atoms with Crippen molar-refractivity contribution in [2.24, 2.45) is 0 Å². The summed E-state index contributed by atoms with van der Waals surface area (Å²) in [5.74, 6) is 0. The van der Waals surface area contributed by atoms with Crippen molar-refractivity contribution in [3.05, 3.63) is 231 Å². The maximum atomic E-state index is 5.14. The van der Waals surface area contributed by atoms with E-state index >= 15 is 0 Å². The van der Waals surface area contributed by atoms with E-state index in [0.29, 0.717) is 0 Å². The molecule has 0 atom stereocenters. The predicted molar refractivity (Wildman–Crippen MR) is 250 cm³/mol. The van der Waals surface area contributed by atoms with Gasteiger partial charge in [0.05, 0.1) is 39.1 Å². The molecule has 60 heavy (non-hydrogen) atoms. The lowest BCUT2D eigenvalue weighted by molar-refractivity contribution is 1.18. The van der Waals surface area contributed by atoms with Crippen molar-refractivity contribution in [3.63, 3.8) is 0 Å². The normalized spacial score (nSPS) is 11.3. The molecule has 0 saturated heterocycles. The molecule has 0 unspecified atom stereocenters. The molecule has 0 aliphatic heterocycles. The molecule has 0 radical (unpaired) electrons. The number of fused-ring (bicyclic) bond motifs is 4. The fraction of sp³-hybridized carbons (Fsp3) is 0. The summed E-state index contributed by atoms with van der Waals surface area (Å²) < 4.78 is 2.41. The standard InChI is InChI=1S/C56H38N4/c1-4-16-40(17-5-1)47-22-10-14-26-52(47)60-53-27-15-11-23-48(53)49-38-43(32-37-54(49)60)39-28-33-45(34-29-39)59(44-20-8-3-9-21-44)46-35-30-42(31-36-46)56-55(41-18-6-2-7-19-41)57-50-24-12-13-25-51(50)58-56/h1-38H. The highest BCUT2D eigenvalue weighted by atomic mass is 15.1. The Labute approximate surface area is 348 Å². The molecule has 0 aliphatic rings. The zero-order valence-corrected chi connectivity index (χ0v) is 32.7. The minimum absolute atomic E-state index is 0.863. The summed E-state index contributed by atoms with van der Waals surface area (Å²) in [6.45, 7) is 0. The summed E-state index contributed by atoms with van der Waals surface area (Å²) in [6, 6.07) is 81.5. The number of benzene rings is 9. The Morgan fingerprint density at radius 1 is 0.317 bits per heavy atom. The molecule has 11 aromatic rings. The lowest BCUT2D eigenvalue weighted by Crippen LogP contribution is -2.09. The van der Waals surface area contributed by atoms with Gasteiger partial charge in [0.2, 0.25) is 0 Å². The van der Waals surface area contributed by atoms with Crippen molar-refractivity contribution in [3.8, 4) is 50.5 Å². The number of aromatic nitrogens is 3. The fourth-order valence-electron chi connectivity index (χ4n) is 8.54. The highest BCUT2D eigenvalue weighted by molar-refractivity contribution is 6.11. The van der Waals surface area contributed by atoms with Gasteiger partial charge in [0, 0.05) is 44.5 Å².